The molecule has 5 nitrogen and oxygen atoms in total. The molecule has 8 heteroatoms. The zero-order valence-electron chi connectivity index (χ0n) is 18.7. The molecule has 5 rings (SSSR count). The highest BCUT2D eigenvalue weighted by atomic mass is 35.5. The maximum absolute atomic E-state index is 13.6. The van der Waals surface area contributed by atoms with Gasteiger partial charge in [0.25, 0.3) is 5.91 Å². The van der Waals surface area contributed by atoms with Crippen LogP contribution in [0.15, 0.2) is 73.1 Å². The molecule has 0 bridgehead atoms. The Kier molecular flexibility index (Phi) is 6.56. The van der Waals surface area contributed by atoms with E-state index in [9.17, 15) is 4.79 Å². The van der Waals surface area contributed by atoms with E-state index in [1.165, 1.54) is 12.4 Å². The van der Waals surface area contributed by atoms with Crippen molar-refractivity contribution in [2.75, 3.05) is 11.9 Å². The van der Waals surface area contributed by atoms with Crippen molar-refractivity contribution in [3.8, 4) is 5.75 Å². The number of nitrogens with zero attached hydrogens (tertiary/aromatic N) is 2. The lowest BCUT2D eigenvalue weighted by molar-refractivity contribution is 0.102. The van der Waals surface area contributed by atoms with Crippen LogP contribution in [0, 0.1) is 0 Å². The van der Waals surface area contributed by atoms with Gasteiger partial charge in [-0.15, -0.1) is 0 Å². The standard InChI is InChI=1S/C27H20Cl3N3O2/c1-2-35-23-11-9-18(27(34)32-25-20(29)13-31-14-21(25)30)24-19-12-17(28)8-10-22(19)33(26(23)24)15-16-6-4-3-5-7-16/h3-14H,2,15H2,1H3,(H,31,32,34). The lowest BCUT2D eigenvalue weighted by Crippen LogP contribution is -2.13. The molecule has 0 saturated heterocycles. The van der Waals surface area contributed by atoms with Crippen LogP contribution in [0.1, 0.15) is 22.8 Å². The molecule has 0 unspecified atom stereocenters. The Hall–Kier alpha value is -3.25. The average molecular weight is 525 g/mol. The fourth-order valence-electron chi connectivity index (χ4n) is 4.28. The van der Waals surface area contributed by atoms with E-state index in [0.29, 0.717) is 35.2 Å². The van der Waals surface area contributed by atoms with E-state index >= 15 is 0 Å². The van der Waals surface area contributed by atoms with E-state index in [1.807, 2.05) is 49.4 Å². The number of aromatic nitrogens is 2. The maximum Gasteiger partial charge on any atom is 0.256 e. The Bertz CT molecular complexity index is 1550. The molecule has 0 aliphatic rings. The Labute approximate surface area is 217 Å². The highest BCUT2D eigenvalue weighted by molar-refractivity contribution is 6.40. The third-order valence-electron chi connectivity index (χ3n) is 5.75. The number of rotatable bonds is 6. The molecule has 0 aliphatic heterocycles. The van der Waals surface area contributed by atoms with Crippen LogP contribution in [0.3, 0.4) is 0 Å². The number of amides is 1. The molecular formula is C27H20Cl3N3O2. The SMILES string of the molecule is CCOc1ccc(C(=O)Nc2c(Cl)cncc2Cl)c2c3cc(Cl)ccc3n(Cc3ccccc3)c12. The molecule has 0 aliphatic carbocycles. The molecule has 2 heterocycles. The van der Waals surface area contributed by atoms with Crippen LogP contribution in [0.2, 0.25) is 15.1 Å². The molecule has 1 N–H and O–H groups in total. The summed E-state index contributed by atoms with van der Waals surface area (Å²) in [5.74, 6) is 0.328. The summed E-state index contributed by atoms with van der Waals surface area (Å²) in [5.41, 5.74) is 3.63. The molecule has 5 aromatic rings. The number of hydrogen-bond acceptors (Lipinski definition) is 3. The molecule has 176 valence electrons. The van der Waals surface area contributed by atoms with Crippen LogP contribution in [-0.2, 0) is 6.54 Å². The maximum atomic E-state index is 13.6. The van der Waals surface area contributed by atoms with Crippen molar-refractivity contribution in [3.05, 3.63) is 99.3 Å². The molecule has 35 heavy (non-hydrogen) atoms. The third kappa shape index (κ3) is 4.43. The van der Waals surface area contributed by atoms with Crippen molar-refractivity contribution >= 4 is 68.2 Å². The molecule has 0 saturated carbocycles. The predicted octanol–water partition coefficient (Wildman–Crippen LogP) is 7.85. The summed E-state index contributed by atoms with van der Waals surface area (Å²) in [6.45, 7) is 3.01. The van der Waals surface area contributed by atoms with Gasteiger partial charge in [-0.2, -0.15) is 0 Å². The number of halogens is 3. The molecule has 0 radical (unpaired) electrons. The molecular weight excluding hydrogens is 505 g/mol. The van der Waals surface area contributed by atoms with Gasteiger partial charge in [0.15, 0.2) is 0 Å². The van der Waals surface area contributed by atoms with Crippen molar-refractivity contribution in [2.24, 2.45) is 0 Å². The van der Waals surface area contributed by atoms with Crippen molar-refractivity contribution < 1.29 is 9.53 Å². The number of anilines is 1. The van der Waals surface area contributed by atoms with E-state index < -0.39 is 0 Å². The highest BCUT2D eigenvalue weighted by Gasteiger charge is 2.23. The van der Waals surface area contributed by atoms with Crippen LogP contribution in [0.25, 0.3) is 21.8 Å². The summed E-state index contributed by atoms with van der Waals surface area (Å²) in [5, 5.41) is 5.52. The molecule has 3 aromatic carbocycles. The van der Waals surface area contributed by atoms with Crippen LogP contribution in [0.4, 0.5) is 5.69 Å². The van der Waals surface area contributed by atoms with Crippen molar-refractivity contribution in [3.63, 3.8) is 0 Å². The minimum Gasteiger partial charge on any atom is -0.492 e. The predicted molar refractivity (Wildman–Crippen MR) is 143 cm³/mol. The first-order valence-corrected chi connectivity index (χ1v) is 12.1. The first kappa shape index (κ1) is 23.5. The van der Waals surface area contributed by atoms with Gasteiger partial charge in [-0.25, -0.2) is 0 Å². The van der Waals surface area contributed by atoms with Gasteiger partial charge in [-0.3, -0.25) is 9.78 Å². The highest BCUT2D eigenvalue weighted by Crippen LogP contribution is 2.40. The lowest BCUT2D eigenvalue weighted by atomic mass is 10.0. The summed E-state index contributed by atoms with van der Waals surface area (Å²) in [4.78, 5) is 17.5. The summed E-state index contributed by atoms with van der Waals surface area (Å²) < 4.78 is 8.17. The number of carbonyl (C=O) groups is 1. The zero-order chi connectivity index (χ0) is 24.5. The van der Waals surface area contributed by atoms with Gasteiger partial charge in [0, 0.05) is 45.8 Å². The first-order valence-electron chi connectivity index (χ1n) is 11.0. The van der Waals surface area contributed by atoms with Gasteiger partial charge in [-0.05, 0) is 42.8 Å². The third-order valence-corrected chi connectivity index (χ3v) is 6.56. The number of carbonyl (C=O) groups excluding carboxylic acids is 1. The zero-order valence-corrected chi connectivity index (χ0v) is 21.0. The first-order chi connectivity index (χ1) is 17.0. The number of benzene rings is 3. The Morgan fingerprint density at radius 1 is 1.00 bits per heavy atom. The van der Waals surface area contributed by atoms with Crippen molar-refractivity contribution in [1.29, 1.82) is 0 Å². The second kappa shape index (κ2) is 9.78. The van der Waals surface area contributed by atoms with E-state index in [2.05, 4.69) is 27.0 Å². The van der Waals surface area contributed by atoms with Crippen molar-refractivity contribution in [1.82, 2.24) is 9.55 Å². The minimum atomic E-state index is -0.355. The van der Waals surface area contributed by atoms with E-state index in [4.69, 9.17) is 39.5 Å². The second-order valence-electron chi connectivity index (χ2n) is 7.93. The Balaban J connectivity index is 1.76. The van der Waals surface area contributed by atoms with Gasteiger partial charge >= 0.3 is 0 Å². The summed E-state index contributed by atoms with van der Waals surface area (Å²) >= 11 is 18.9. The van der Waals surface area contributed by atoms with Gasteiger partial charge in [-0.1, -0.05) is 65.1 Å². The van der Waals surface area contributed by atoms with Crippen molar-refractivity contribution in [2.45, 2.75) is 13.5 Å². The monoisotopic (exact) mass is 523 g/mol. The number of hydrogen-bond donors (Lipinski definition) is 1. The van der Waals surface area contributed by atoms with Gasteiger partial charge in [0.1, 0.15) is 5.75 Å². The van der Waals surface area contributed by atoms with Gasteiger partial charge in [0.05, 0.1) is 27.9 Å². The van der Waals surface area contributed by atoms with E-state index in [-0.39, 0.29) is 16.0 Å². The average Bonchev–Trinajstić information content (AvgIpc) is 3.16. The van der Waals surface area contributed by atoms with E-state index in [0.717, 1.165) is 27.4 Å². The topological polar surface area (TPSA) is 56.1 Å². The summed E-state index contributed by atoms with van der Waals surface area (Å²) in [7, 11) is 0. The fourth-order valence-corrected chi connectivity index (χ4v) is 4.91. The molecule has 0 atom stereocenters. The number of pyridine rings is 1. The van der Waals surface area contributed by atoms with Gasteiger partial charge in [0.2, 0.25) is 0 Å². The van der Waals surface area contributed by atoms with Crippen LogP contribution >= 0.6 is 34.8 Å². The van der Waals surface area contributed by atoms with Gasteiger partial charge < -0.3 is 14.6 Å². The number of nitrogens with one attached hydrogen (secondary N) is 1. The quantitative estimate of drug-likeness (QED) is 0.246. The fraction of sp³-hybridized carbons (Fsp3) is 0.111. The normalized spacial score (nSPS) is 11.2. The Morgan fingerprint density at radius 2 is 1.74 bits per heavy atom. The molecule has 0 fully saturated rings. The van der Waals surface area contributed by atoms with Crippen LogP contribution in [0.5, 0.6) is 5.75 Å². The second-order valence-corrected chi connectivity index (χ2v) is 9.18. The summed E-state index contributed by atoms with van der Waals surface area (Å²) in [6, 6.07) is 19.4. The Morgan fingerprint density at radius 3 is 2.46 bits per heavy atom. The number of ether oxygens (including phenoxy) is 1. The minimum absolute atomic E-state index is 0.252. The summed E-state index contributed by atoms with van der Waals surface area (Å²) in [6.07, 6.45) is 2.87. The number of fused-ring (bicyclic) bond motifs is 3. The van der Waals surface area contributed by atoms with E-state index in [1.54, 1.807) is 6.07 Å². The smallest absolute Gasteiger partial charge is 0.256 e. The molecule has 2 aromatic heterocycles. The van der Waals surface area contributed by atoms with Crippen LogP contribution < -0.4 is 10.1 Å². The van der Waals surface area contributed by atoms with Crippen LogP contribution in [-0.4, -0.2) is 22.1 Å². The molecule has 0 spiro atoms. The lowest BCUT2D eigenvalue weighted by Gasteiger charge is -2.14. The largest absolute Gasteiger partial charge is 0.492 e. The molecule has 1 amide bonds.